The summed E-state index contributed by atoms with van der Waals surface area (Å²) in [5, 5.41) is 12.6. The summed E-state index contributed by atoms with van der Waals surface area (Å²) in [6.07, 6.45) is 1.70. The maximum atomic E-state index is 14.2. The Balaban J connectivity index is 1.83. The summed E-state index contributed by atoms with van der Waals surface area (Å²) in [6.45, 7) is 0. The number of aromatic nitrogens is 2. The number of para-hydroxylation sites is 1. The normalized spacial score (nSPS) is 16.1. The number of methoxy groups -OCH3 is 1. The van der Waals surface area contributed by atoms with Gasteiger partial charge in [-0.25, -0.2) is 9.37 Å². The molecule has 0 bridgehead atoms. The number of rotatable bonds is 3. The minimum absolute atomic E-state index is 0.0219. The molecule has 132 valence electrons. The van der Waals surface area contributed by atoms with Gasteiger partial charge in [0.1, 0.15) is 18.0 Å². The number of phenolic OH excluding ortho intramolecular Hbond substituents is 1. The predicted molar refractivity (Wildman–Crippen MR) is 93.3 cm³/mol. The Morgan fingerprint density at radius 1 is 1.31 bits per heavy atom. The third-order valence-electron chi connectivity index (χ3n) is 4.49. The monoisotopic (exact) mass is 353 g/mol. The van der Waals surface area contributed by atoms with E-state index in [-0.39, 0.29) is 24.0 Å². The molecule has 26 heavy (non-hydrogen) atoms. The second kappa shape index (κ2) is 6.18. The molecule has 2 N–H and O–H groups in total. The number of carbonyl (C=O) groups excluding carboxylic acids is 1. The van der Waals surface area contributed by atoms with Crippen LogP contribution in [0.5, 0.6) is 11.5 Å². The zero-order valence-electron chi connectivity index (χ0n) is 13.9. The highest BCUT2D eigenvalue weighted by Crippen LogP contribution is 2.40. The van der Waals surface area contributed by atoms with Crippen LogP contribution < -0.4 is 10.1 Å². The van der Waals surface area contributed by atoms with E-state index in [4.69, 9.17) is 4.74 Å². The van der Waals surface area contributed by atoms with Crippen LogP contribution in [-0.2, 0) is 4.79 Å². The number of nitrogens with one attached hydrogen (secondary N) is 1. The van der Waals surface area contributed by atoms with E-state index in [9.17, 15) is 14.3 Å². The molecule has 1 amide bonds. The number of fused-ring (bicyclic) bond motifs is 1. The minimum Gasteiger partial charge on any atom is -0.504 e. The number of imidazole rings is 1. The van der Waals surface area contributed by atoms with Gasteiger partial charge < -0.3 is 15.2 Å². The molecule has 0 fully saturated rings. The number of hydrogen-bond acceptors (Lipinski definition) is 4. The molecule has 6 nitrogen and oxygen atoms in total. The third-order valence-corrected chi connectivity index (χ3v) is 4.49. The van der Waals surface area contributed by atoms with Gasteiger partial charge in [-0.15, -0.1) is 0 Å². The van der Waals surface area contributed by atoms with Crippen molar-refractivity contribution in [3.63, 3.8) is 0 Å². The van der Waals surface area contributed by atoms with Crippen LogP contribution in [0.4, 0.5) is 10.2 Å². The van der Waals surface area contributed by atoms with Crippen molar-refractivity contribution in [2.75, 3.05) is 12.4 Å². The van der Waals surface area contributed by atoms with Crippen LogP contribution in [0.2, 0.25) is 0 Å². The first-order valence-corrected chi connectivity index (χ1v) is 8.07. The Hall–Kier alpha value is -3.35. The lowest BCUT2D eigenvalue weighted by molar-refractivity contribution is -0.116. The van der Waals surface area contributed by atoms with Gasteiger partial charge >= 0.3 is 0 Å². The molecule has 2 heterocycles. The minimum atomic E-state index is -0.407. The van der Waals surface area contributed by atoms with Gasteiger partial charge in [0.15, 0.2) is 11.5 Å². The molecule has 0 saturated carbocycles. The molecule has 1 unspecified atom stereocenters. The molecule has 0 aliphatic carbocycles. The fraction of sp³-hybridized carbons (Fsp3) is 0.158. The van der Waals surface area contributed by atoms with Crippen LogP contribution in [0.3, 0.4) is 0 Å². The van der Waals surface area contributed by atoms with Crippen molar-refractivity contribution in [2.24, 2.45) is 0 Å². The molecule has 7 heteroatoms. The fourth-order valence-corrected chi connectivity index (χ4v) is 3.22. The van der Waals surface area contributed by atoms with Gasteiger partial charge in [-0.1, -0.05) is 18.2 Å². The fourth-order valence-electron chi connectivity index (χ4n) is 3.22. The molecule has 3 aromatic rings. The van der Waals surface area contributed by atoms with Crippen molar-refractivity contribution in [1.82, 2.24) is 9.55 Å². The van der Waals surface area contributed by atoms with E-state index in [0.717, 1.165) is 5.56 Å². The van der Waals surface area contributed by atoms with Crippen molar-refractivity contribution < 1.29 is 19.0 Å². The number of amides is 1. The highest BCUT2D eigenvalue weighted by Gasteiger charge is 2.31. The number of nitrogens with zero attached hydrogens (tertiary/aromatic N) is 2. The molecular weight excluding hydrogens is 337 g/mol. The van der Waals surface area contributed by atoms with Crippen LogP contribution in [-0.4, -0.2) is 27.7 Å². The van der Waals surface area contributed by atoms with E-state index in [1.807, 2.05) is 0 Å². The molecule has 2 aromatic carbocycles. The zero-order valence-corrected chi connectivity index (χ0v) is 13.9. The highest BCUT2D eigenvalue weighted by atomic mass is 19.1. The first kappa shape index (κ1) is 16.1. The summed E-state index contributed by atoms with van der Waals surface area (Å²) in [6, 6.07) is 11.2. The van der Waals surface area contributed by atoms with Gasteiger partial charge in [0.2, 0.25) is 5.91 Å². The molecule has 0 spiro atoms. The quantitative estimate of drug-likeness (QED) is 0.758. The number of carbonyl (C=O) groups is 1. The number of benzene rings is 2. The van der Waals surface area contributed by atoms with Crippen LogP contribution in [0, 0.1) is 5.82 Å². The largest absolute Gasteiger partial charge is 0.504 e. The van der Waals surface area contributed by atoms with Gasteiger partial charge in [-0.05, 0) is 29.8 Å². The molecule has 1 atom stereocenters. The highest BCUT2D eigenvalue weighted by molar-refractivity contribution is 5.94. The van der Waals surface area contributed by atoms with E-state index in [1.54, 1.807) is 30.3 Å². The van der Waals surface area contributed by atoms with E-state index in [2.05, 4.69) is 10.3 Å². The third kappa shape index (κ3) is 2.57. The van der Waals surface area contributed by atoms with Gasteiger partial charge in [0.05, 0.1) is 18.5 Å². The molecule has 1 aliphatic heterocycles. The van der Waals surface area contributed by atoms with Crippen LogP contribution in [0.1, 0.15) is 23.6 Å². The van der Waals surface area contributed by atoms with Crippen molar-refractivity contribution >= 4 is 11.7 Å². The smallest absolute Gasteiger partial charge is 0.226 e. The number of anilines is 1. The zero-order chi connectivity index (χ0) is 18.3. The predicted octanol–water partition coefficient (Wildman–Crippen LogP) is 3.20. The molecule has 4 rings (SSSR count). The van der Waals surface area contributed by atoms with E-state index in [1.165, 1.54) is 30.1 Å². The SMILES string of the molecule is COc1cc(C2CC(=O)Nc3c2ncn3-c2ccccc2F)ccc1O. The topological polar surface area (TPSA) is 76.4 Å². The van der Waals surface area contributed by atoms with Gasteiger partial charge in [0, 0.05) is 12.3 Å². The van der Waals surface area contributed by atoms with Gasteiger partial charge in [-0.2, -0.15) is 0 Å². The Labute approximate surface area is 148 Å². The number of hydrogen-bond donors (Lipinski definition) is 2. The first-order valence-electron chi connectivity index (χ1n) is 8.07. The van der Waals surface area contributed by atoms with Gasteiger partial charge in [0.25, 0.3) is 0 Å². The summed E-state index contributed by atoms with van der Waals surface area (Å²) in [4.78, 5) is 16.7. The number of phenols is 1. The summed E-state index contributed by atoms with van der Waals surface area (Å²) < 4.78 is 20.9. The Morgan fingerprint density at radius 2 is 2.12 bits per heavy atom. The average molecular weight is 353 g/mol. The summed E-state index contributed by atoms with van der Waals surface area (Å²) in [5.41, 5.74) is 1.74. The summed E-state index contributed by atoms with van der Waals surface area (Å²) in [5.74, 6) is -0.120. The Kier molecular flexibility index (Phi) is 3.84. The second-order valence-corrected chi connectivity index (χ2v) is 6.04. The van der Waals surface area contributed by atoms with Gasteiger partial charge in [-0.3, -0.25) is 9.36 Å². The molecule has 0 radical (unpaired) electrons. The molecule has 1 aromatic heterocycles. The van der Waals surface area contributed by atoms with E-state index >= 15 is 0 Å². The van der Waals surface area contributed by atoms with Crippen molar-refractivity contribution in [3.8, 4) is 17.2 Å². The lowest BCUT2D eigenvalue weighted by atomic mass is 9.89. The van der Waals surface area contributed by atoms with E-state index < -0.39 is 5.82 Å². The number of aromatic hydroxyl groups is 1. The number of halogens is 1. The van der Waals surface area contributed by atoms with Crippen LogP contribution in [0.25, 0.3) is 5.69 Å². The Morgan fingerprint density at radius 3 is 2.88 bits per heavy atom. The molecular formula is C19H16FN3O3. The van der Waals surface area contributed by atoms with Crippen molar-refractivity contribution in [1.29, 1.82) is 0 Å². The van der Waals surface area contributed by atoms with Crippen LogP contribution >= 0.6 is 0 Å². The van der Waals surface area contributed by atoms with Crippen molar-refractivity contribution in [2.45, 2.75) is 12.3 Å². The molecule has 0 saturated heterocycles. The van der Waals surface area contributed by atoms with Crippen molar-refractivity contribution in [3.05, 3.63) is 65.9 Å². The average Bonchev–Trinajstić information content (AvgIpc) is 3.05. The first-order chi connectivity index (χ1) is 12.6. The standard InChI is InChI=1S/C19H16FN3O3/c1-26-16-8-11(6-7-15(16)24)12-9-17(25)22-19-18(12)21-10-23(19)14-5-3-2-4-13(14)20/h2-8,10,12,24H,9H2,1H3,(H,22,25). The maximum Gasteiger partial charge on any atom is 0.226 e. The van der Waals surface area contributed by atoms with E-state index in [0.29, 0.717) is 22.9 Å². The lowest BCUT2D eigenvalue weighted by Crippen LogP contribution is -2.25. The van der Waals surface area contributed by atoms with Crippen LogP contribution in [0.15, 0.2) is 48.8 Å². The second-order valence-electron chi connectivity index (χ2n) is 6.04. The number of ether oxygens (including phenoxy) is 1. The maximum absolute atomic E-state index is 14.2. The Bertz CT molecular complexity index is 999. The summed E-state index contributed by atoms with van der Waals surface area (Å²) in [7, 11) is 1.46. The lowest BCUT2D eigenvalue weighted by Gasteiger charge is -2.24. The molecule has 1 aliphatic rings. The summed E-state index contributed by atoms with van der Waals surface area (Å²) >= 11 is 0.